The van der Waals surface area contributed by atoms with E-state index in [9.17, 15) is 9.59 Å². The average Bonchev–Trinajstić information content (AvgIpc) is 2.39. The lowest BCUT2D eigenvalue weighted by atomic mass is 10.6. The summed E-state index contributed by atoms with van der Waals surface area (Å²) in [5.74, 6) is -0.764. The molecule has 108 valence electrons. The molecule has 0 aliphatic carbocycles. The third-order valence-corrected chi connectivity index (χ3v) is 2.60. The molecule has 0 aromatic carbocycles. The quantitative estimate of drug-likeness (QED) is 0.393. The van der Waals surface area contributed by atoms with E-state index in [1.165, 1.54) is 20.3 Å². The largest absolute Gasteiger partial charge is 0.440 e. The van der Waals surface area contributed by atoms with Crippen molar-refractivity contribution in [1.29, 1.82) is 0 Å². The molecule has 0 saturated carbocycles. The monoisotopic (exact) mass is 339 g/mol. The van der Waals surface area contributed by atoms with Crippen molar-refractivity contribution in [3.63, 3.8) is 0 Å². The summed E-state index contributed by atoms with van der Waals surface area (Å²) in [7, 11) is 2.92. The molecule has 0 aliphatic rings. The van der Waals surface area contributed by atoms with Crippen molar-refractivity contribution >= 4 is 57.9 Å². The molecular formula is C9H8Cl3N5O3. The van der Waals surface area contributed by atoms with Crippen molar-refractivity contribution < 1.29 is 14.4 Å². The highest BCUT2D eigenvalue weighted by Crippen LogP contribution is 2.18. The summed E-state index contributed by atoms with van der Waals surface area (Å²) in [5, 5.41) is 4.84. The Morgan fingerprint density at radius 3 is 2.60 bits per heavy atom. The summed E-state index contributed by atoms with van der Waals surface area (Å²) in [6.45, 7) is 0. The highest BCUT2D eigenvalue weighted by Gasteiger charge is 2.13. The number of hydrogen-bond acceptors (Lipinski definition) is 6. The zero-order chi connectivity index (χ0) is 15.3. The summed E-state index contributed by atoms with van der Waals surface area (Å²) in [4.78, 5) is 35.5. The van der Waals surface area contributed by atoms with Crippen molar-refractivity contribution in [2.24, 2.45) is 5.16 Å². The molecule has 11 heteroatoms. The molecule has 0 radical (unpaired) electrons. The van der Waals surface area contributed by atoms with E-state index in [1.54, 1.807) is 0 Å². The summed E-state index contributed by atoms with van der Waals surface area (Å²) in [5.41, 5.74) is 0. The van der Waals surface area contributed by atoms with Crippen LogP contribution in [0.2, 0.25) is 10.2 Å². The van der Waals surface area contributed by atoms with E-state index in [0.717, 1.165) is 4.90 Å². The van der Waals surface area contributed by atoms with Crippen LogP contribution in [0.3, 0.4) is 0 Å². The number of hydrogen-bond donors (Lipinski definition) is 1. The molecule has 1 heterocycles. The highest BCUT2D eigenvalue weighted by molar-refractivity contribution is 6.82. The summed E-state index contributed by atoms with van der Waals surface area (Å²) in [6, 6.07) is 0. The summed E-state index contributed by atoms with van der Waals surface area (Å²) < 4.78 is 0. The zero-order valence-electron chi connectivity index (χ0n) is 10.2. The Balaban J connectivity index is 2.62. The second-order valence-corrected chi connectivity index (χ2v) is 4.54. The number of nitrogens with one attached hydrogen (secondary N) is 1. The number of halogens is 3. The van der Waals surface area contributed by atoms with E-state index in [-0.39, 0.29) is 16.1 Å². The SMILES string of the molecule is CN(C)C(=O)C(Cl)=NOC(=O)Nc1ncc(Cl)c(Cl)n1. The van der Waals surface area contributed by atoms with Crippen LogP contribution >= 0.6 is 34.8 Å². The number of rotatable bonds is 3. The maximum absolute atomic E-state index is 11.3. The molecule has 1 aromatic heterocycles. The second-order valence-electron chi connectivity index (χ2n) is 3.42. The van der Waals surface area contributed by atoms with E-state index < -0.39 is 17.2 Å². The molecule has 20 heavy (non-hydrogen) atoms. The minimum atomic E-state index is -1.05. The minimum Gasteiger partial charge on any atom is -0.343 e. The van der Waals surface area contributed by atoms with Crippen LogP contribution in [-0.2, 0) is 9.63 Å². The van der Waals surface area contributed by atoms with Gasteiger partial charge in [0.25, 0.3) is 5.91 Å². The molecule has 0 saturated heterocycles. The number of oxime groups is 1. The Labute approximate surface area is 128 Å². The standard InChI is InChI=1S/C9H8Cl3N5O3/c1-17(2)7(18)6(12)16-20-9(19)15-8-13-3-4(10)5(11)14-8/h3H,1-2H3,(H,13,14,15,19). The van der Waals surface area contributed by atoms with Crippen LogP contribution in [-0.4, -0.2) is 46.1 Å². The fourth-order valence-electron chi connectivity index (χ4n) is 0.826. The number of amides is 2. The van der Waals surface area contributed by atoms with Gasteiger partial charge in [-0.1, -0.05) is 40.0 Å². The Kier molecular flexibility index (Phi) is 5.93. The molecule has 0 unspecified atom stereocenters. The van der Waals surface area contributed by atoms with Gasteiger partial charge in [-0.2, -0.15) is 4.98 Å². The Hall–Kier alpha value is -1.64. The van der Waals surface area contributed by atoms with Crippen LogP contribution in [0.15, 0.2) is 11.4 Å². The molecule has 8 nitrogen and oxygen atoms in total. The third kappa shape index (κ3) is 4.80. The highest BCUT2D eigenvalue weighted by atomic mass is 35.5. The van der Waals surface area contributed by atoms with Crippen molar-refractivity contribution in [3.05, 3.63) is 16.4 Å². The van der Waals surface area contributed by atoms with Crippen molar-refractivity contribution in [2.75, 3.05) is 19.4 Å². The molecular weight excluding hydrogens is 332 g/mol. The first-order valence-electron chi connectivity index (χ1n) is 4.92. The normalized spacial score (nSPS) is 10.9. The molecule has 2 amide bonds. The van der Waals surface area contributed by atoms with Gasteiger partial charge >= 0.3 is 6.09 Å². The molecule has 0 bridgehead atoms. The van der Waals surface area contributed by atoms with Crippen LogP contribution in [0.4, 0.5) is 10.7 Å². The maximum atomic E-state index is 11.3. The lowest BCUT2D eigenvalue weighted by Gasteiger charge is -2.07. The van der Waals surface area contributed by atoms with E-state index in [2.05, 4.69) is 25.3 Å². The fourth-order valence-corrected chi connectivity index (χ4v) is 1.25. The van der Waals surface area contributed by atoms with E-state index >= 15 is 0 Å². The molecule has 0 spiro atoms. The Bertz CT molecular complexity index is 564. The van der Waals surface area contributed by atoms with Gasteiger partial charge in [-0.15, -0.1) is 0 Å². The van der Waals surface area contributed by atoms with Gasteiger partial charge in [-0.3, -0.25) is 14.9 Å². The maximum Gasteiger partial charge on any atom is 0.440 e. The van der Waals surface area contributed by atoms with E-state index in [4.69, 9.17) is 34.8 Å². The molecule has 1 aromatic rings. The number of carbonyl (C=O) groups excluding carboxylic acids is 2. The van der Waals surface area contributed by atoms with Gasteiger partial charge in [0.2, 0.25) is 11.1 Å². The first kappa shape index (κ1) is 16.4. The van der Waals surface area contributed by atoms with Gasteiger partial charge in [-0.25, -0.2) is 9.78 Å². The number of carbonyl (C=O) groups is 2. The van der Waals surface area contributed by atoms with Gasteiger partial charge < -0.3 is 4.90 Å². The molecule has 0 aliphatic heterocycles. The lowest BCUT2D eigenvalue weighted by molar-refractivity contribution is -0.121. The Morgan fingerprint density at radius 2 is 2.05 bits per heavy atom. The van der Waals surface area contributed by atoms with Crippen LogP contribution in [0.25, 0.3) is 0 Å². The molecule has 0 atom stereocenters. The third-order valence-electron chi connectivity index (χ3n) is 1.71. The molecule has 1 N–H and O–H groups in total. The fraction of sp³-hybridized carbons (Fsp3) is 0.222. The average molecular weight is 341 g/mol. The van der Waals surface area contributed by atoms with Gasteiger partial charge in [0.15, 0.2) is 5.15 Å². The second kappa shape index (κ2) is 7.22. The van der Waals surface area contributed by atoms with Gasteiger partial charge in [-0.05, 0) is 0 Å². The predicted molar refractivity (Wildman–Crippen MR) is 74.1 cm³/mol. The topological polar surface area (TPSA) is 96.8 Å². The van der Waals surface area contributed by atoms with Gasteiger partial charge in [0.1, 0.15) is 0 Å². The molecule has 0 fully saturated rings. The van der Waals surface area contributed by atoms with E-state index in [1.807, 2.05) is 0 Å². The summed E-state index contributed by atoms with van der Waals surface area (Å²) >= 11 is 16.7. The van der Waals surface area contributed by atoms with Crippen LogP contribution in [0.1, 0.15) is 0 Å². The van der Waals surface area contributed by atoms with Crippen molar-refractivity contribution in [3.8, 4) is 0 Å². The number of aromatic nitrogens is 2. The minimum absolute atomic E-state index is 0.0405. The van der Waals surface area contributed by atoms with E-state index in [0.29, 0.717) is 0 Å². The first-order valence-corrected chi connectivity index (χ1v) is 6.06. The molecule has 1 rings (SSSR count). The van der Waals surface area contributed by atoms with Crippen LogP contribution in [0.5, 0.6) is 0 Å². The van der Waals surface area contributed by atoms with Gasteiger partial charge in [0, 0.05) is 14.1 Å². The lowest BCUT2D eigenvalue weighted by Crippen LogP contribution is -2.27. The number of nitrogens with zero attached hydrogens (tertiary/aromatic N) is 4. The zero-order valence-corrected chi connectivity index (χ0v) is 12.5. The van der Waals surface area contributed by atoms with Crippen LogP contribution < -0.4 is 5.32 Å². The van der Waals surface area contributed by atoms with Crippen molar-refractivity contribution in [1.82, 2.24) is 14.9 Å². The first-order chi connectivity index (χ1) is 9.31. The Morgan fingerprint density at radius 1 is 1.40 bits per heavy atom. The predicted octanol–water partition coefficient (Wildman–Crippen LogP) is 1.97. The summed E-state index contributed by atoms with van der Waals surface area (Å²) in [6.07, 6.45) is 0.145. The number of anilines is 1. The van der Waals surface area contributed by atoms with Crippen molar-refractivity contribution in [2.45, 2.75) is 0 Å². The van der Waals surface area contributed by atoms with Gasteiger partial charge in [0.05, 0.1) is 11.2 Å². The van der Waals surface area contributed by atoms with Crippen LogP contribution in [0, 0.1) is 0 Å². The smallest absolute Gasteiger partial charge is 0.343 e.